The number of benzene rings is 1. The minimum Gasteiger partial charge on any atom is -0.495 e. The number of rotatable bonds is 5. The first-order valence-electron chi connectivity index (χ1n) is 6.28. The summed E-state index contributed by atoms with van der Waals surface area (Å²) in [5, 5.41) is 5.23. The van der Waals surface area contributed by atoms with Crippen molar-refractivity contribution in [2.45, 2.75) is 19.9 Å². The van der Waals surface area contributed by atoms with Gasteiger partial charge in [-0.05, 0) is 18.1 Å². The van der Waals surface area contributed by atoms with E-state index in [1.54, 1.807) is 24.3 Å². The van der Waals surface area contributed by atoms with Crippen LogP contribution in [0.5, 0.6) is 5.75 Å². The van der Waals surface area contributed by atoms with Gasteiger partial charge in [0.25, 0.3) is 0 Å². The van der Waals surface area contributed by atoms with Crippen LogP contribution in [0.3, 0.4) is 0 Å². The highest BCUT2D eigenvalue weighted by molar-refractivity contribution is 5.93. The van der Waals surface area contributed by atoms with Crippen molar-refractivity contribution in [3.8, 4) is 5.75 Å². The molecule has 2 amide bonds. The van der Waals surface area contributed by atoms with Crippen molar-refractivity contribution in [1.82, 2.24) is 5.32 Å². The van der Waals surface area contributed by atoms with Crippen LogP contribution in [0.15, 0.2) is 24.3 Å². The number of nitrogens with one attached hydrogen (secondary N) is 2. The third-order valence-corrected chi connectivity index (χ3v) is 2.76. The van der Waals surface area contributed by atoms with Crippen LogP contribution in [0.1, 0.15) is 13.8 Å². The Morgan fingerprint density at radius 2 is 1.80 bits per heavy atom. The molecule has 1 aromatic carbocycles. The average Bonchev–Trinajstić information content (AvgIpc) is 2.44. The summed E-state index contributed by atoms with van der Waals surface area (Å²) < 4.78 is 9.80. The Morgan fingerprint density at radius 3 is 2.35 bits per heavy atom. The van der Waals surface area contributed by atoms with Gasteiger partial charge in [0.05, 0.1) is 19.9 Å². The van der Waals surface area contributed by atoms with E-state index in [1.807, 2.05) is 13.8 Å². The highest BCUT2D eigenvalue weighted by Crippen LogP contribution is 2.22. The van der Waals surface area contributed by atoms with Crippen molar-refractivity contribution in [3.05, 3.63) is 24.3 Å². The van der Waals surface area contributed by atoms with E-state index in [0.29, 0.717) is 11.4 Å². The normalized spacial score (nSPS) is 11.7. The predicted octanol–water partition coefficient (Wildman–Crippen LogP) is 2.01. The Morgan fingerprint density at radius 1 is 1.15 bits per heavy atom. The smallest absolute Gasteiger partial charge is 0.328 e. The van der Waals surface area contributed by atoms with Crippen molar-refractivity contribution in [2.75, 3.05) is 19.5 Å². The molecule has 2 N–H and O–H groups in total. The molecule has 0 saturated heterocycles. The summed E-state index contributed by atoms with van der Waals surface area (Å²) in [5.41, 5.74) is 0.528. The Kier molecular flexibility index (Phi) is 5.83. The minimum absolute atomic E-state index is 0.0779. The van der Waals surface area contributed by atoms with E-state index in [2.05, 4.69) is 15.4 Å². The average molecular weight is 280 g/mol. The molecule has 0 radical (unpaired) electrons. The largest absolute Gasteiger partial charge is 0.495 e. The molecule has 1 rings (SSSR count). The van der Waals surface area contributed by atoms with Crippen LogP contribution in [-0.2, 0) is 9.53 Å². The molecule has 0 spiro atoms. The van der Waals surface area contributed by atoms with E-state index in [0.717, 1.165) is 0 Å². The summed E-state index contributed by atoms with van der Waals surface area (Å²) >= 11 is 0. The van der Waals surface area contributed by atoms with Gasteiger partial charge in [0.15, 0.2) is 0 Å². The SMILES string of the molecule is COC(=O)[C@@H](NC(=O)Nc1ccccc1OC)C(C)C. The molecule has 0 saturated carbocycles. The van der Waals surface area contributed by atoms with Gasteiger partial charge in [0.2, 0.25) is 0 Å². The van der Waals surface area contributed by atoms with Crippen molar-refractivity contribution in [1.29, 1.82) is 0 Å². The number of para-hydroxylation sites is 2. The van der Waals surface area contributed by atoms with Gasteiger partial charge in [0, 0.05) is 0 Å². The van der Waals surface area contributed by atoms with Crippen LogP contribution < -0.4 is 15.4 Å². The fourth-order valence-electron chi connectivity index (χ4n) is 1.67. The van der Waals surface area contributed by atoms with Crippen LogP contribution in [0.25, 0.3) is 0 Å². The summed E-state index contributed by atoms with van der Waals surface area (Å²) in [6.45, 7) is 3.65. The topological polar surface area (TPSA) is 76.7 Å². The monoisotopic (exact) mass is 280 g/mol. The molecule has 1 aromatic rings. The quantitative estimate of drug-likeness (QED) is 0.809. The van der Waals surface area contributed by atoms with Crippen molar-refractivity contribution in [2.24, 2.45) is 5.92 Å². The Bertz CT molecular complexity index is 474. The molecule has 0 heterocycles. The molecule has 0 aliphatic heterocycles. The number of anilines is 1. The van der Waals surface area contributed by atoms with E-state index in [1.165, 1.54) is 14.2 Å². The lowest BCUT2D eigenvalue weighted by Crippen LogP contribution is -2.46. The van der Waals surface area contributed by atoms with Crippen LogP contribution in [0.4, 0.5) is 10.5 Å². The maximum atomic E-state index is 11.9. The van der Waals surface area contributed by atoms with E-state index >= 15 is 0 Å². The van der Waals surface area contributed by atoms with Crippen molar-refractivity contribution >= 4 is 17.7 Å². The zero-order chi connectivity index (χ0) is 15.1. The third kappa shape index (κ3) is 4.15. The number of ether oxygens (including phenoxy) is 2. The lowest BCUT2D eigenvalue weighted by atomic mass is 10.1. The summed E-state index contributed by atoms with van der Waals surface area (Å²) in [6, 6.07) is 5.83. The number of carbonyl (C=O) groups is 2. The zero-order valence-electron chi connectivity index (χ0n) is 12.1. The molecule has 110 valence electrons. The summed E-state index contributed by atoms with van der Waals surface area (Å²) in [5.74, 6) is -0.0112. The first-order chi connectivity index (χ1) is 9.49. The van der Waals surface area contributed by atoms with Gasteiger partial charge in [-0.25, -0.2) is 9.59 Å². The van der Waals surface area contributed by atoms with Gasteiger partial charge < -0.3 is 20.1 Å². The summed E-state index contributed by atoms with van der Waals surface area (Å²) in [4.78, 5) is 23.5. The van der Waals surface area contributed by atoms with Gasteiger partial charge in [-0.15, -0.1) is 0 Å². The highest BCUT2D eigenvalue weighted by Gasteiger charge is 2.25. The third-order valence-electron chi connectivity index (χ3n) is 2.76. The highest BCUT2D eigenvalue weighted by atomic mass is 16.5. The maximum absolute atomic E-state index is 11.9. The minimum atomic E-state index is -0.699. The molecule has 0 fully saturated rings. The molecule has 0 bridgehead atoms. The second kappa shape index (κ2) is 7.37. The summed E-state index contributed by atoms with van der Waals surface area (Å²) in [6.07, 6.45) is 0. The second-order valence-electron chi connectivity index (χ2n) is 4.54. The fourth-order valence-corrected chi connectivity index (χ4v) is 1.67. The number of hydrogen-bond donors (Lipinski definition) is 2. The molecule has 0 aromatic heterocycles. The van der Waals surface area contributed by atoms with Crippen molar-refractivity contribution < 1.29 is 19.1 Å². The number of hydrogen-bond acceptors (Lipinski definition) is 4. The molecule has 20 heavy (non-hydrogen) atoms. The van der Waals surface area contributed by atoms with E-state index in [9.17, 15) is 9.59 Å². The standard InChI is InChI=1S/C14H20N2O4/c1-9(2)12(13(17)20-4)16-14(18)15-10-7-5-6-8-11(10)19-3/h5-9,12H,1-4H3,(H2,15,16,18)/t12-/m0/s1. The van der Waals surface area contributed by atoms with Crippen LogP contribution in [0.2, 0.25) is 0 Å². The van der Waals surface area contributed by atoms with E-state index in [-0.39, 0.29) is 5.92 Å². The van der Waals surface area contributed by atoms with Gasteiger partial charge in [0.1, 0.15) is 11.8 Å². The van der Waals surface area contributed by atoms with Crippen LogP contribution >= 0.6 is 0 Å². The first kappa shape index (κ1) is 15.8. The van der Waals surface area contributed by atoms with Gasteiger partial charge in [-0.3, -0.25) is 0 Å². The predicted molar refractivity (Wildman–Crippen MR) is 75.8 cm³/mol. The lowest BCUT2D eigenvalue weighted by Gasteiger charge is -2.20. The Balaban J connectivity index is 2.73. The number of amides is 2. The van der Waals surface area contributed by atoms with Gasteiger partial charge >= 0.3 is 12.0 Å². The Hall–Kier alpha value is -2.24. The first-order valence-corrected chi connectivity index (χ1v) is 6.28. The van der Waals surface area contributed by atoms with E-state index < -0.39 is 18.0 Å². The molecule has 0 aliphatic rings. The van der Waals surface area contributed by atoms with Crippen LogP contribution in [-0.4, -0.2) is 32.3 Å². The van der Waals surface area contributed by atoms with Crippen LogP contribution in [0, 0.1) is 5.92 Å². The second-order valence-corrected chi connectivity index (χ2v) is 4.54. The van der Waals surface area contributed by atoms with E-state index in [4.69, 9.17) is 4.74 Å². The van der Waals surface area contributed by atoms with Gasteiger partial charge in [-0.2, -0.15) is 0 Å². The van der Waals surface area contributed by atoms with Gasteiger partial charge in [-0.1, -0.05) is 26.0 Å². The molecule has 0 unspecified atom stereocenters. The molecular formula is C14H20N2O4. The molecule has 6 heteroatoms. The lowest BCUT2D eigenvalue weighted by molar-refractivity contribution is -0.143. The summed E-state index contributed by atoms with van der Waals surface area (Å²) in [7, 11) is 2.81. The molecular weight excluding hydrogens is 260 g/mol. The maximum Gasteiger partial charge on any atom is 0.328 e. The number of methoxy groups -OCH3 is 2. The number of esters is 1. The molecule has 6 nitrogen and oxygen atoms in total. The van der Waals surface area contributed by atoms with Crippen molar-refractivity contribution in [3.63, 3.8) is 0 Å². The Labute approximate surface area is 118 Å². The fraction of sp³-hybridized carbons (Fsp3) is 0.429. The zero-order valence-corrected chi connectivity index (χ0v) is 12.1. The number of urea groups is 1. The number of carbonyl (C=O) groups excluding carboxylic acids is 2. The molecule has 0 aliphatic carbocycles. The molecule has 1 atom stereocenters.